The van der Waals surface area contributed by atoms with Gasteiger partial charge in [-0.3, -0.25) is 4.79 Å². The number of carboxylic acids is 2. The summed E-state index contributed by atoms with van der Waals surface area (Å²) in [5.41, 5.74) is -1.42. The first-order valence-corrected chi connectivity index (χ1v) is 18.1. The zero-order valence-electron chi connectivity index (χ0n) is 31.7. The number of rotatable bonds is 13. The Morgan fingerprint density at radius 2 is 1.10 bits per heavy atom. The van der Waals surface area contributed by atoms with Gasteiger partial charge in [0.1, 0.15) is 27.3 Å². The topological polar surface area (TPSA) is 206 Å². The fourth-order valence-corrected chi connectivity index (χ4v) is 6.34. The van der Waals surface area contributed by atoms with Crippen LogP contribution in [0.4, 0.5) is 9.59 Å². The molecule has 2 heterocycles. The van der Waals surface area contributed by atoms with Crippen LogP contribution in [0.25, 0.3) is 0 Å². The Hall–Kier alpha value is -3.83. The van der Waals surface area contributed by atoms with E-state index in [9.17, 15) is 29.1 Å². The zero-order chi connectivity index (χ0) is 39.6. The van der Waals surface area contributed by atoms with E-state index < -0.39 is 53.5 Å². The number of carbonyl (C=O) groups is 5. The molecule has 0 fully saturated rings. The third-order valence-corrected chi connectivity index (χ3v) is 9.05. The third-order valence-electron chi connectivity index (χ3n) is 7.17. The van der Waals surface area contributed by atoms with E-state index in [2.05, 4.69) is 9.97 Å². The van der Waals surface area contributed by atoms with E-state index in [4.69, 9.17) is 24.4 Å². The van der Waals surface area contributed by atoms with Crippen LogP contribution in [-0.2, 0) is 19.0 Å². The van der Waals surface area contributed by atoms with Crippen LogP contribution in [0.1, 0.15) is 132 Å². The Bertz CT molecular complexity index is 1480. The number of aromatic nitrogens is 2. The molecule has 2 aromatic rings. The van der Waals surface area contributed by atoms with Gasteiger partial charge in [-0.1, -0.05) is 27.7 Å². The van der Waals surface area contributed by atoms with Gasteiger partial charge in [0, 0.05) is 56.7 Å². The number of hydrogen-bond donors (Lipinski definition) is 3. The van der Waals surface area contributed by atoms with E-state index in [1.54, 1.807) is 55.6 Å². The second kappa shape index (κ2) is 19.1. The first-order valence-electron chi connectivity index (χ1n) is 16.4. The van der Waals surface area contributed by atoms with E-state index in [-0.39, 0.29) is 48.1 Å². The van der Waals surface area contributed by atoms with Gasteiger partial charge in [-0.25, -0.2) is 29.1 Å². The molecule has 4 atom stereocenters. The lowest BCUT2D eigenvalue weighted by molar-refractivity contribution is -0.147. The van der Waals surface area contributed by atoms with Crippen molar-refractivity contribution in [3.8, 4) is 0 Å². The Morgan fingerprint density at radius 1 is 0.725 bits per heavy atom. The summed E-state index contributed by atoms with van der Waals surface area (Å²) in [7, 11) is 3.27. The average molecular weight is 759 g/mol. The maximum atomic E-state index is 12.4. The number of aliphatic hydroxyl groups excluding tert-OH is 1. The molecule has 0 saturated carbocycles. The number of esters is 1. The largest absolute Gasteiger partial charge is 0.476 e. The number of ether oxygens (including phenoxy) is 3. The Balaban J connectivity index is 0.000000514. The lowest BCUT2D eigenvalue weighted by Gasteiger charge is -2.34. The summed E-state index contributed by atoms with van der Waals surface area (Å²) in [5.74, 6) is -2.66. The molecule has 0 aliphatic rings. The minimum absolute atomic E-state index is 0.0412. The van der Waals surface area contributed by atoms with E-state index in [1.165, 1.54) is 27.5 Å². The maximum absolute atomic E-state index is 12.4. The quantitative estimate of drug-likeness (QED) is 0.141. The number of thiazole rings is 2. The smallest absolute Gasteiger partial charge is 0.410 e. The van der Waals surface area contributed by atoms with Crippen molar-refractivity contribution in [1.29, 1.82) is 0 Å². The van der Waals surface area contributed by atoms with Crippen LogP contribution in [-0.4, -0.2) is 103 Å². The highest BCUT2D eigenvalue weighted by Crippen LogP contribution is 2.31. The summed E-state index contributed by atoms with van der Waals surface area (Å²) in [6, 6.07) is -0.576. The van der Waals surface area contributed by atoms with Crippen LogP contribution in [0.15, 0.2) is 10.8 Å². The predicted octanol–water partition coefficient (Wildman–Crippen LogP) is 6.88. The summed E-state index contributed by atoms with van der Waals surface area (Å²) in [6.07, 6.45) is -2.11. The molecule has 0 aliphatic carbocycles. The molecule has 3 N–H and O–H groups in total. The van der Waals surface area contributed by atoms with Gasteiger partial charge in [-0.15, -0.1) is 22.7 Å². The van der Waals surface area contributed by atoms with E-state index in [0.717, 1.165) is 22.7 Å². The van der Waals surface area contributed by atoms with Crippen molar-refractivity contribution in [3.05, 3.63) is 32.2 Å². The number of carboxylic acid groups (broad SMARTS) is 2. The van der Waals surface area contributed by atoms with Crippen molar-refractivity contribution in [1.82, 2.24) is 19.8 Å². The molecule has 0 spiro atoms. The molecule has 0 bridgehead atoms. The minimum atomic E-state index is -1.15. The zero-order valence-corrected chi connectivity index (χ0v) is 33.4. The van der Waals surface area contributed by atoms with Gasteiger partial charge in [-0.05, 0) is 53.4 Å². The summed E-state index contributed by atoms with van der Waals surface area (Å²) in [6.45, 7) is 19.8. The molecule has 0 saturated heterocycles. The van der Waals surface area contributed by atoms with Crippen molar-refractivity contribution >= 4 is 52.8 Å². The molecule has 17 heteroatoms. The van der Waals surface area contributed by atoms with Gasteiger partial charge >= 0.3 is 30.1 Å². The van der Waals surface area contributed by atoms with Crippen molar-refractivity contribution < 1.29 is 53.5 Å². The Kier molecular flexibility index (Phi) is 17.0. The van der Waals surface area contributed by atoms with Crippen LogP contribution in [0.2, 0.25) is 0 Å². The summed E-state index contributed by atoms with van der Waals surface area (Å²) >= 11 is 2.20. The third kappa shape index (κ3) is 15.5. The van der Waals surface area contributed by atoms with Crippen molar-refractivity contribution in [2.75, 3.05) is 14.1 Å². The van der Waals surface area contributed by atoms with Gasteiger partial charge in [-0.2, -0.15) is 0 Å². The molecule has 2 aromatic heterocycles. The first kappa shape index (κ1) is 45.2. The van der Waals surface area contributed by atoms with Crippen molar-refractivity contribution in [2.24, 2.45) is 11.8 Å². The van der Waals surface area contributed by atoms with Crippen LogP contribution >= 0.6 is 22.7 Å². The molecule has 51 heavy (non-hydrogen) atoms. The van der Waals surface area contributed by atoms with Crippen molar-refractivity contribution in [3.63, 3.8) is 0 Å². The first-order chi connectivity index (χ1) is 23.2. The van der Waals surface area contributed by atoms with Gasteiger partial charge in [0.15, 0.2) is 17.5 Å². The fraction of sp³-hybridized carbons (Fsp3) is 0.676. The van der Waals surface area contributed by atoms with Crippen molar-refractivity contribution in [2.45, 2.75) is 124 Å². The van der Waals surface area contributed by atoms with Gasteiger partial charge in [0.05, 0.1) is 0 Å². The Morgan fingerprint density at radius 3 is 1.43 bits per heavy atom. The minimum Gasteiger partial charge on any atom is -0.476 e. The highest BCUT2D eigenvalue weighted by Gasteiger charge is 2.33. The number of carbonyl (C=O) groups excluding carboxylic acids is 3. The van der Waals surface area contributed by atoms with E-state index in [1.807, 2.05) is 27.7 Å². The van der Waals surface area contributed by atoms with Gasteiger partial charge < -0.3 is 39.3 Å². The number of hydrogen-bond acceptors (Lipinski definition) is 13. The lowest BCUT2D eigenvalue weighted by atomic mass is 9.96. The second-order valence-corrected chi connectivity index (χ2v) is 16.4. The number of aromatic carboxylic acids is 2. The highest BCUT2D eigenvalue weighted by molar-refractivity contribution is 7.10. The van der Waals surface area contributed by atoms with Gasteiger partial charge in [0.25, 0.3) is 0 Å². The molecular weight excluding hydrogens is 705 g/mol. The van der Waals surface area contributed by atoms with Crippen LogP contribution in [0.3, 0.4) is 0 Å². The van der Waals surface area contributed by atoms with Gasteiger partial charge in [0.2, 0.25) is 0 Å². The predicted molar refractivity (Wildman–Crippen MR) is 192 cm³/mol. The SMILES string of the molecule is CC(=O)O[C@H](C[C@H](C(C)C)N(C)C(=O)OC(C)(C)C)c1nc(C(=O)O)cs1.CC(C)[C@@H](C[C@@H](O)c1nc(C(=O)O)cs1)N(C)C(=O)OC(C)(C)C. The maximum Gasteiger partial charge on any atom is 0.410 e. The highest BCUT2D eigenvalue weighted by atomic mass is 32.1. The molecule has 0 radical (unpaired) electrons. The fourth-order valence-electron chi connectivity index (χ4n) is 4.71. The summed E-state index contributed by atoms with van der Waals surface area (Å²) in [4.78, 5) is 69.1. The second-order valence-electron chi connectivity index (χ2n) is 14.6. The molecular formula is C34H54N4O11S2. The summed E-state index contributed by atoms with van der Waals surface area (Å²) in [5, 5.41) is 31.9. The molecule has 0 aliphatic heterocycles. The molecule has 0 unspecified atom stereocenters. The average Bonchev–Trinajstić information content (AvgIpc) is 3.66. The van der Waals surface area contributed by atoms with E-state index >= 15 is 0 Å². The molecule has 288 valence electrons. The Labute approximate surface area is 307 Å². The number of aliphatic hydroxyl groups is 1. The molecule has 2 amide bonds. The monoisotopic (exact) mass is 758 g/mol. The standard InChI is InChI=1S/C18H28N2O6S.C16H26N2O5S/c1-10(2)13(20(7)17(24)26-18(4,5)6)8-14(25-11(3)21)15-19-12(9-27-15)16(22)23;1-9(2)11(18(6)15(22)23-16(3,4)5)7-12(19)13-17-10(8-24-13)14(20)21/h9-10,13-14H,8H2,1-7H3,(H,22,23);8-9,11-12,19H,7H2,1-6H3,(H,20,21)/t13-,14-;11-,12-/m11/s1. The van der Waals surface area contributed by atoms with Crippen LogP contribution in [0, 0.1) is 11.8 Å². The molecule has 0 aromatic carbocycles. The van der Waals surface area contributed by atoms with Crippen LogP contribution < -0.4 is 0 Å². The number of amides is 2. The van der Waals surface area contributed by atoms with E-state index in [0.29, 0.717) is 10.0 Å². The lowest BCUT2D eigenvalue weighted by Crippen LogP contribution is -2.44. The van der Waals surface area contributed by atoms with Crippen LogP contribution in [0.5, 0.6) is 0 Å². The normalized spacial score (nSPS) is 14.0. The molecule has 15 nitrogen and oxygen atoms in total. The summed E-state index contributed by atoms with van der Waals surface area (Å²) < 4.78 is 16.2. The molecule has 2 rings (SSSR count). The number of nitrogens with zero attached hydrogens (tertiary/aromatic N) is 4.